The first-order valence-electron chi connectivity index (χ1n) is 5.95. The van der Waals surface area contributed by atoms with Gasteiger partial charge in [0.25, 0.3) is 0 Å². The summed E-state index contributed by atoms with van der Waals surface area (Å²) in [5.41, 5.74) is 2.37. The van der Waals surface area contributed by atoms with Crippen LogP contribution in [-0.2, 0) is 4.74 Å². The molecule has 2 atom stereocenters. The quantitative estimate of drug-likeness (QED) is 0.764. The predicted octanol–water partition coefficient (Wildman–Crippen LogP) is 2.17. The Bertz CT molecular complexity index is 336. The number of aryl methyl sites for hydroxylation is 1. The first-order chi connectivity index (χ1) is 7.66. The summed E-state index contributed by atoms with van der Waals surface area (Å²) in [7, 11) is 0. The molecular weight excluding hydrogens is 200 g/mol. The Balaban J connectivity index is 2.06. The highest BCUT2D eigenvalue weighted by atomic mass is 16.5. The molecule has 0 amide bonds. The molecule has 1 aliphatic rings. The van der Waals surface area contributed by atoms with E-state index in [4.69, 9.17) is 4.74 Å². The largest absolute Gasteiger partial charge is 0.376 e. The molecule has 16 heavy (non-hydrogen) atoms. The van der Waals surface area contributed by atoms with Gasteiger partial charge < -0.3 is 4.74 Å². The van der Waals surface area contributed by atoms with Gasteiger partial charge in [0.05, 0.1) is 12.7 Å². The zero-order valence-corrected chi connectivity index (χ0v) is 10.3. The molecule has 88 valence electrons. The summed E-state index contributed by atoms with van der Waals surface area (Å²) in [6, 6.07) is 4.68. The fourth-order valence-electron chi connectivity index (χ4n) is 2.13. The maximum Gasteiger partial charge on any atom is 0.0674 e. The van der Waals surface area contributed by atoms with Crippen molar-refractivity contribution in [2.24, 2.45) is 0 Å². The Labute approximate surface area is 97.4 Å². The molecule has 0 N–H and O–H groups in total. The molecule has 1 fully saturated rings. The second kappa shape index (κ2) is 4.93. The third-order valence-electron chi connectivity index (χ3n) is 3.24. The van der Waals surface area contributed by atoms with Crippen molar-refractivity contribution >= 4 is 0 Å². The number of morpholine rings is 1. The average Bonchev–Trinajstić information content (AvgIpc) is 2.29. The third-order valence-corrected chi connectivity index (χ3v) is 3.24. The van der Waals surface area contributed by atoms with Crippen molar-refractivity contribution in [3.8, 4) is 0 Å². The normalized spacial score (nSPS) is 24.3. The first-order valence-corrected chi connectivity index (χ1v) is 5.95. The summed E-state index contributed by atoms with van der Waals surface area (Å²) in [5, 5.41) is 0. The van der Waals surface area contributed by atoms with Crippen LogP contribution in [0.1, 0.15) is 31.1 Å². The van der Waals surface area contributed by atoms with Crippen molar-refractivity contribution < 1.29 is 4.74 Å². The molecule has 1 aromatic rings. The van der Waals surface area contributed by atoms with Crippen LogP contribution < -0.4 is 0 Å². The van der Waals surface area contributed by atoms with Crippen molar-refractivity contribution in [2.45, 2.75) is 32.9 Å². The van der Waals surface area contributed by atoms with Gasteiger partial charge in [-0.2, -0.15) is 0 Å². The zero-order chi connectivity index (χ0) is 11.5. The van der Waals surface area contributed by atoms with Gasteiger partial charge in [0.15, 0.2) is 0 Å². The Kier molecular flexibility index (Phi) is 3.56. The standard InChI is InChI=1S/C13H20N2O/c1-10-4-5-13(8-14-10)12(3)15-6-7-16-11(2)9-15/h4-5,8,11-12H,6-7,9H2,1-3H3/t11-,12?/m1/s1. The van der Waals surface area contributed by atoms with Gasteiger partial charge >= 0.3 is 0 Å². The van der Waals surface area contributed by atoms with Crippen LogP contribution in [0.3, 0.4) is 0 Å². The van der Waals surface area contributed by atoms with E-state index >= 15 is 0 Å². The van der Waals surface area contributed by atoms with Crippen LogP contribution in [0.5, 0.6) is 0 Å². The molecule has 1 unspecified atom stereocenters. The van der Waals surface area contributed by atoms with E-state index in [-0.39, 0.29) is 0 Å². The van der Waals surface area contributed by atoms with Gasteiger partial charge in [0.1, 0.15) is 0 Å². The topological polar surface area (TPSA) is 25.4 Å². The number of hydrogen-bond acceptors (Lipinski definition) is 3. The average molecular weight is 220 g/mol. The van der Waals surface area contributed by atoms with Crippen molar-refractivity contribution in [1.29, 1.82) is 0 Å². The van der Waals surface area contributed by atoms with Gasteiger partial charge in [0.2, 0.25) is 0 Å². The van der Waals surface area contributed by atoms with E-state index < -0.39 is 0 Å². The summed E-state index contributed by atoms with van der Waals surface area (Å²) in [4.78, 5) is 6.81. The summed E-state index contributed by atoms with van der Waals surface area (Å²) in [5.74, 6) is 0. The van der Waals surface area contributed by atoms with Crippen LogP contribution in [0.15, 0.2) is 18.3 Å². The number of rotatable bonds is 2. The lowest BCUT2D eigenvalue weighted by atomic mass is 10.1. The number of hydrogen-bond donors (Lipinski definition) is 0. The molecule has 1 saturated heterocycles. The molecule has 0 saturated carbocycles. The maximum atomic E-state index is 5.56. The molecule has 0 aromatic carbocycles. The number of aromatic nitrogens is 1. The van der Waals surface area contributed by atoms with E-state index in [0.29, 0.717) is 12.1 Å². The second-order valence-electron chi connectivity index (χ2n) is 4.59. The fraction of sp³-hybridized carbons (Fsp3) is 0.615. The highest BCUT2D eigenvalue weighted by Gasteiger charge is 2.22. The minimum Gasteiger partial charge on any atom is -0.376 e. The Hall–Kier alpha value is -0.930. The highest BCUT2D eigenvalue weighted by molar-refractivity contribution is 5.16. The van der Waals surface area contributed by atoms with Crippen LogP contribution in [0, 0.1) is 6.92 Å². The second-order valence-corrected chi connectivity index (χ2v) is 4.59. The molecule has 0 bridgehead atoms. The molecule has 3 nitrogen and oxygen atoms in total. The lowest BCUT2D eigenvalue weighted by molar-refractivity contribution is -0.0319. The zero-order valence-electron chi connectivity index (χ0n) is 10.3. The lowest BCUT2D eigenvalue weighted by Gasteiger charge is -2.35. The van der Waals surface area contributed by atoms with Gasteiger partial charge in [-0.1, -0.05) is 6.07 Å². The van der Waals surface area contributed by atoms with Crippen molar-refractivity contribution in [1.82, 2.24) is 9.88 Å². The van der Waals surface area contributed by atoms with E-state index in [1.54, 1.807) is 0 Å². The monoisotopic (exact) mass is 220 g/mol. The van der Waals surface area contributed by atoms with E-state index in [1.165, 1.54) is 5.56 Å². The van der Waals surface area contributed by atoms with E-state index in [1.807, 2.05) is 13.1 Å². The summed E-state index contributed by atoms with van der Waals surface area (Å²) < 4.78 is 5.56. The molecule has 2 rings (SSSR count). The smallest absolute Gasteiger partial charge is 0.0674 e. The van der Waals surface area contributed by atoms with E-state index in [9.17, 15) is 0 Å². The van der Waals surface area contributed by atoms with Crippen molar-refractivity contribution in [2.75, 3.05) is 19.7 Å². The molecule has 0 spiro atoms. The molecule has 2 heterocycles. The SMILES string of the molecule is Cc1ccc(C(C)N2CCO[C@H](C)C2)cn1. The van der Waals surface area contributed by atoms with E-state index in [2.05, 4.69) is 35.9 Å². The van der Waals surface area contributed by atoms with Gasteiger partial charge in [-0.05, 0) is 32.4 Å². The summed E-state index contributed by atoms with van der Waals surface area (Å²) in [6.07, 6.45) is 2.33. The van der Waals surface area contributed by atoms with Crippen molar-refractivity contribution in [3.63, 3.8) is 0 Å². The van der Waals surface area contributed by atoms with Crippen LogP contribution in [0.4, 0.5) is 0 Å². The first kappa shape index (κ1) is 11.6. The third kappa shape index (κ3) is 2.60. The van der Waals surface area contributed by atoms with Crippen LogP contribution in [-0.4, -0.2) is 35.7 Å². The van der Waals surface area contributed by atoms with Crippen molar-refractivity contribution in [3.05, 3.63) is 29.6 Å². The maximum absolute atomic E-state index is 5.56. The summed E-state index contributed by atoms with van der Waals surface area (Å²) in [6.45, 7) is 9.25. The van der Waals surface area contributed by atoms with Crippen LogP contribution in [0.25, 0.3) is 0 Å². The lowest BCUT2D eigenvalue weighted by Crippen LogP contribution is -2.42. The van der Waals surface area contributed by atoms with Crippen LogP contribution in [0.2, 0.25) is 0 Å². The molecule has 1 aliphatic heterocycles. The Morgan fingerprint density at radius 1 is 1.50 bits per heavy atom. The van der Waals surface area contributed by atoms with Gasteiger partial charge in [-0.25, -0.2) is 0 Å². The number of pyridine rings is 1. The van der Waals surface area contributed by atoms with E-state index in [0.717, 1.165) is 25.4 Å². The summed E-state index contributed by atoms with van der Waals surface area (Å²) >= 11 is 0. The van der Waals surface area contributed by atoms with Gasteiger partial charge in [-0.15, -0.1) is 0 Å². The molecule has 0 radical (unpaired) electrons. The minimum atomic E-state index is 0.342. The fourth-order valence-corrected chi connectivity index (χ4v) is 2.13. The molecule has 3 heteroatoms. The van der Waals surface area contributed by atoms with Gasteiger partial charge in [0, 0.05) is 31.0 Å². The number of nitrogens with zero attached hydrogens (tertiary/aromatic N) is 2. The molecule has 1 aromatic heterocycles. The Morgan fingerprint density at radius 3 is 2.94 bits per heavy atom. The highest BCUT2D eigenvalue weighted by Crippen LogP contribution is 2.21. The van der Waals surface area contributed by atoms with Gasteiger partial charge in [-0.3, -0.25) is 9.88 Å². The minimum absolute atomic E-state index is 0.342. The molecular formula is C13H20N2O. The predicted molar refractivity (Wildman–Crippen MR) is 64.4 cm³/mol. The Morgan fingerprint density at radius 2 is 2.31 bits per heavy atom. The molecule has 0 aliphatic carbocycles. The van der Waals surface area contributed by atoms with Crippen LogP contribution >= 0.6 is 0 Å². The number of ether oxygens (including phenoxy) is 1.